The molecule has 2 aromatic carbocycles. The van der Waals surface area contributed by atoms with Gasteiger partial charge < -0.3 is 9.47 Å². The van der Waals surface area contributed by atoms with Crippen molar-refractivity contribution in [3.8, 4) is 26.8 Å². The van der Waals surface area contributed by atoms with Crippen molar-refractivity contribution in [2.75, 3.05) is 20.2 Å². The maximum atomic E-state index is 11.6. The van der Waals surface area contributed by atoms with E-state index in [9.17, 15) is 4.79 Å². The smallest absolute Gasteiger partial charge is 0.311 e. The van der Waals surface area contributed by atoms with Crippen LogP contribution in [0.2, 0.25) is 0 Å². The molecule has 0 N–H and O–H groups in total. The van der Waals surface area contributed by atoms with Gasteiger partial charge in [0.25, 0.3) is 0 Å². The molecule has 168 valence electrons. The summed E-state index contributed by atoms with van der Waals surface area (Å²) < 4.78 is 10.6. The Hall–Kier alpha value is -2.70. The van der Waals surface area contributed by atoms with Gasteiger partial charge in [-0.3, -0.25) is 9.69 Å². The van der Waals surface area contributed by atoms with Crippen molar-refractivity contribution in [3.05, 3.63) is 59.8 Å². The molecular formula is C26H30N2O3S. The largest absolute Gasteiger partial charge is 0.491 e. The van der Waals surface area contributed by atoms with Crippen LogP contribution in [0.25, 0.3) is 21.0 Å². The van der Waals surface area contributed by atoms with E-state index in [1.165, 1.54) is 23.8 Å². The van der Waals surface area contributed by atoms with Crippen LogP contribution < -0.4 is 4.74 Å². The van der Waals surface area contributed by atoms with Gasteiger partial charge in [-0.2, -0.15) is 0 Å². The molecule has 1 saturated heterocycles. The van der Waals surface area contributed by atoms with E-state index in [2.05, 4.69) is 42.2 Å². The molecule has 1 aliphatic rings. The number of benzene rings is 2. The maximum absolute atomic E-state index is 11.6. The van der Waals surface area contributed by atoms with E-state index < -0.39 is 0 Å². The molecule has 3 aromatic rings. The standard InChI is InChI=1S/C26H30N2O3S/c1-5-19-12-18(14-28-15-21(16-28)26(29)30-4)6-11-23(19)25-27-13-24(32-25)20-7-9-22(10-8-20)31-17(2)3/h6-13,17,21H,5,14-16H2,1-4H3. The monoisotopic (exact) mass is 450 g/mol. The summed E-state index contributed by atoms with van der Waals surface area (Å²) in [6.45, 7) is 8.64. The summed E-state index contributed by atoms with van der Waals surface area (Å²) >= 11 is 1.72. The predicted octanol–water partition coefficient (Wildman–Crippen LogP) is 5.43. The average Bonchev–Trinajstić information content (AvgIpc) is 3.25. The van der Waals surface area contributed by atoms with Gasteiger partial charge in [0.05, 0.1) is 24.0 Å². The molecule has 0 spiro atoms. The highest BCUT2D eigenvalue weighted by Crippen LogP contribution is 2.35. The molecule has 1 fully saturated rings. The number of hydrogen-bond donors (Lipinski definition) is 0. The van der Waals surface area contributed by atoms with Crippen molar-refractivity contribution in [1.82, 2.24) is 9.88 Å². The third-order valence-electron chi connectivity index (χ3n) is 5.70. The molecule has 2 heterocycles. The zero-order chi connectivity index (χ0) is 22.7. The molecule has 1 aliphatic heterocycles. The predicted molar refractivity (Wildman–Crippen MR) is 129 cm³/mol. The molecule has 4 rings (SSSR count). The topological polar surface area (TPSA) is 51.7 Å². The number of carbonyl (C=O) groups excluding carboxylic acids is 1. The zero-order valence-electron chi connectivity index (χ0n) is 19.1. The second-order valence-electron chi connectivity index (χ2n) is 8.48. The van der Waals surface area contributed by atoms with Crippen LogP contribution in [-0.2, 0) is 22.5 Å². The molecule has 1 aromatic heterocycles. The van der Waals surface area contributed by atoms with Gasteiger partial charge >= 0.3 is 5.97 Å². The van der Waals surface area contributed by atoms with Crippen LogP contribution in [0.3, 0.4) is 0 Å². The summed E-state index contributed by atoms with van der Waals surface area (Å²) in [6.07, 6.45) is 3.07. The van der Waals surface area contributed by atoms with E-state index in [4.69, 9.17) is 14.5 Å². The van der Waals surface area contributed by atoms with Crippen LogP contribution in [0.4, 0.5) is 0 Å². The van der Waals surface area contributed by atoms with Gasteiger partial charge in [-0.1, -0.05) is 25.1 Å². The second kappa shape index (κ2) is 9.84. The number of nitrogens with zero attached hydrogens (tertiary/aromatic N) is 2. The quantitative estimate of drug-likeness (QED) is 0.428. The molecule has 0 radical (unpaired) electrons. The fraction of sp³-hybridized carbons (Fsp3) is 0.385. The Kier molecular flexibility index (Phi) is 6.92. The average molecular weight is 451 g/mol. The highest BCUT2D eigenvalue weighted by Gasteiger charge is 2.33. The third-order valence-corrected chi connectivity index (χ3v) is 6.77. The molecule has 5 nitrogen and oxygen atoms in total. The lowest BCUT2D eigenvalue weighted by molar-refractivity contribution is -0.151. The van der Waals surface area contributed by atoms with E-state index in [1.54, 1.807) is 11.3 Å². The van der Waals surface area contributed by atoms with Gasteiger partial charge in [0.1, 0.15) is 10.8 Å². The molecule has 0 atom stereocenters. The minimum Gasteiger partial charge on any atom is -0.491 e. The van der Waals surface area contributed by atoms with Gasteiger partial charge in [0.15, 0.2) is 0 Å². The van der Waals surface area contributed by atoms with Crippen LogP contribution in [0.5, 0.6) is 5.75 Å². The van der Waals surface area contributed by atoms with Crippen LogP contribution in [-0.4, -0.2) is 42.2 Å². The number of thiazole rings is 1. The number of esters is 1. The Morgan fingerprint density at radius 2 is 1.94 bits per heavy atom. The number of carbonyl (C=O) groups is 1. The highest BCUT2D eigenvalue weighted by atomic mass is 32.1. The fourth-order valence-corrected chi connectivity index (χ4v) is 5.00. The van der Waals surface area contributed by atoms with Crippen molar-refractivity contribution >= 4 is 17.3 Å². The van der Waals surface area contributed by atoms with Crippen molar-refractivity contribution in [3.63, 3.8) is 0 Å². The van der Waals surface area contributed by atoms with E-state index in [0.717, 1.165) is 47.3 Å². The van der Waals surface area contributed by atoms with Crippen LogP contribution in [0.1, 0.15) is 31.9 Å². The maximum Gasteiger partial charge on any atom is 0.311 e. The first-order valence-electron chi connectivity index (χ1n) is 11.1. The SMILES string of the molecule is CCc1cc(CN2CC(C(=O)OC)C2)ccc1-c1ncc(-c2ccc(OC(C)C)cc2)s1. The first-order chi connectivity index (χ1) is 15.5. The zero-order valence-corrected chi connectivity index (χ0v) is 19.9. The first-order valence-corrected chi connectivity index (χ1v) is 11.9. The Bertz CT molecular complexity index is 1070. The molecule has 0 unspecified atom stereocenters. The number of ether oxygens (including phenoxy) is 2. The van der Waals surface area contributed by atoms with Crippen molar-refractivity contribution in [2.24, 2.45) is 5.92 Å². The minimum atomic E-state index is -0.104. The lowest BCUT2D eigenvalue weighted by Gasteiger charge is -2.37. The number of hydrogen-bond acceptors (Lipinski definition) is 6. The number of methoxy groups -OCH3 is 1. The molecule has 0 aliphatic carbocycles. The molecule has 0 amide bonds. The van der Waals surface area contributed by atoms with E-state index in [-0.39, 0.29) is 18.0 Å². The van der Waals surface area contributed by atoms with Gasteiger partial charge in [0.2, 0.25) is 0 Å². The van der Waals surface area contributed by atoms with Crippen LogP contribution in [0.15, 0.2) is 48.7 Å². The lowest BCUT2D eigenvalue weighted by atomic mass is 9.97. The van der Waals surface area contributed by atoms with E-state index in [0.29, 0.717) is 0 Å². The number of likely N-dealkylation sites (tertiary alicyclic amines) is 1. The van der Waals surface area contributed by atoms with Crippen molar-refractivity contribution in [1.29, 1.82) is 0 Å². The molecule has 6 heteroatoms. The van der Waals surface area contributed by atoms with Crippen molar-refractivity contribution < 1.29 is 14.3 Å². The second-order valence-corrected chi connectivity index (χ2v) is 9.51. The summed E-state index contributed by atoms with van der Waals surface area (Å²) in [5.41, 5.74) is 4.92. The summed E-state index contributed by atoms with van der Waals surface area (Å²) in [5.74, 6) is 0.801. The normalized spacial score (nSPS) is 14.4. The van der Waals surface area contributed by atoms with Gasteiger partial charge in [-0.15, -0.1) is 11.3 Å². The summed E-state index contributed by atoms with van der Waals surface area (Å²) in [7, 11) is 1.46. The molecule has 0 saturated carbocycles. The number of aryl methyl sites for hydroxylation is 1. The highest BCUT2D eigenvalue weighted by molar-refractivity contribution is 7.18. The Morgan fingerprint density at radius 1 is 1.19 bits per heavy atom. The van der Waals surface area contributed by atoms with Gasteiger partial charge in [0, 0.05) is 31.4 Å². The summed E-state index contributed by atoms with van der Waals surface area (Å²) in [6, 6.07) is 14.9. The minimum absolute atomic E-state index is 0.0182. The molecule has 32 heavy (non-hydrogen) atoms. The molecule has 0 bridgehead atoms. The fourth-order valence-electron chi connectivity index (χ4n) is 4.02. The number of rotatable bonds is 8. The molecular weight excluding hydrogens is 420 g/mol. The van der Waals surface area contributed by atoms with E-state index in [1.807, 2.05) is 32.2 Å². The van der Waals surface area contributed by atoms with Gasteiger partial charge in [-0.05, 0) is 61.2 Å². The summed E-state index contributed by atoms with van der Waals surface area (Å²) in [5, 5.41) is 1.04. The number of aromatic nitrogens is 1. The van der Waals surface area contributed by atoms with Crippen LogP contribution in [0, 0.1) is 5.92 Å². The lowest BCUT2D eigenvalue weighted by Crippen LogP contribution is -2.49. The van der Waals surface area contributed by atoms with E-state index >= 15 is 0 Å². The Labute approximate surface area is 194 Å². The van der Waals surface area contributed by atoms with Crippen LogP contribution >= 0.6 is 11.3 Å². The third kappa shape index (κ3) is 5.03. The Morgan fingerprint density at radius 3 is 2.59 bits per heavy atom. The Balaban J connectivity index is 1.46. The van der Waals surface area contributed by atoms with Crippen molar-refractivity contribution in [2.45, 2.75) is 39.8 Å². The van der Waals surface area contributed by atoms with Gasteiger partial charge in [-0.25, -0.2) is 4.98 Å². The first kappa shape index (κ1) is 22.5. The summed E-state index contributed by atoms with van der Waals surface area (Å²) in [4.78, 5) is 19.8.